The van der Waals surface area contributed by atoms with Gasteiger partial charge in [0.2, 0.25) is 0 Å². The van der Waals surface area contributed by atoms with Crippen LogP contribution in [0.2, 0.25) is 5.02 Å². The third-order valence-electron chi connectivity index (χ3n) is 13.9. The predicted molar refractivity (Wildman–Crippen MR) is 250 cm³/mol. The van der Waals surface area contributed by atoms with Crippen molar-refractivity contribution in [2.24, 2.45) is 24.8 Å². The van der Waals surface area contributed by atoms with Gasteiger partial charge in [0, 0.05) is 81.4 Å². The Hall–Kier alpha value is -5.06. The van der Waals surface area contributed by atoms with Gasteiger partial charge in [-0.1, -0.05) is 37.8 Å². The molecule has 0 spiro atoms. The van der Waals surface area contributed by atoms with Gasteiger partial charge < -0.3 is 34.5 Å². The van der Waals surface area contributed by atoms with Crippen LogP contribution in [0.1, 0.15) is 111 Å². The number of ketones is 1. The lowest BCUT2D eigenvalue weighted by Gasteiger charge is -2.44. The van der Waals surface area contributed by atoms with Gasteiger partial charge in [-0.25, -0.2) is 9.97 Å². The molecule has 7 rings (SSSR count). The molecule has 2 amide bonds. The zero-order chi connectivity index (χ0) is 46.8. The number of nitrogens with one attached hydrogen (secondary N) is 3. The second kappa shape index (κ2) is 22.2. The summed E-state index contributed by atoms with van der Waals surface area (Å²) in [6.07, 6.45) is 13.1. The molecule has 2 saturated heterocycles. The molecule has 4 aromatic rings. The smallest absolute Gasteiger partial charge is 0.384 e. The number of likely N-dealkylation sites (tertiary alicyclic amines) is 1. The number of rotatable bonds is 19. The van der Waals surface area contributed by atoms with Gasteiger partial charge in [-0.2, -0.15) is 13.2 Å². The van der Waals surface area contributed by atoms with Crippen molar-refractivity contribution in [2.75, 3.05) is 69.5 Å². The van der Waals surface area contributed by atoms with Gasteiger partial charge in [0.25, 0.3) is 11.8 Å². The summed E-state index contributed by atoms with van der Waals surface area (Å²) in [5.41, 5.74) is 0.279. The summed E-state index contributed by atoms with van der Waals surface area (Å²) in [4.78, 5) is 62.7. The zero-order valence-corrected chi connectivity index (χ0v) is 38.9. The summed E-state index contributed by atoms with van der Waals surface area (Å²) in [5, 5.41) is 9.55. The summed E-state index contributed by atoms with van der Waals surface area (Å²) in [5.74, 6) is 0.567. The van der Waals surface area contributed by atoms with Crippen LogP contribution in [0.5, 0.6) is 0 Å². The Balaban J connectivity index is 0.944. The number of aromatic nitrogens is 4. The summed E-state index contributed by atoms with van der Waals surface area (Å²) < 4.78 is 46.8. The van der Waals surface area contributed by atoms with Gasteiger partial charge in [0.1, 0.15) is 18.1 Å². The van der Waals surface area contributed by atoms with Crippen molar-refractivity contribution in [1.29, 1.82) is 0 Å². The maximum atomic E-state index is 14.5. The minimum atomic E-state index is -4.71. The first kappa shape index (κ1) is 48.9. The predicted octanol–water partition coefficient (Wildman–Crippen LogP) is 8.82. The number of alkyl halides is 3. The number of nitrogens with zero attached hydrogens (tertiary/aromatic N) is 6. The Kier molecular flexibility index (Phi) is 16.4. The fraction of sp³-hybridized carbons (Fsp3) is 0.551. The van der Waals surface area contributed by atoms with E-state index in [1.54, 1.807) is 23.2 Å². The van der Waals surface area contributed by atoms with Crippen LogP contribution in [0.4, 0.5) is 24.5 Å². The molecule has 356 valence electrons. The first-order valence-electron chi connectivity index (χ1n) is 23.7. The molecule has 3 N–H and O–H groups in total. The van der Waals surface area contributed by atoms with E-state index in [0.717, 1.165) is 87.6 Å². The highest BCUT2D eigenvalue weighted by Gasteiger charge is 2.39. The minimum absolute atomic E-state index is 0.0264. The van der Waals surface area contributed by atoms with Crippen LogP contribution in [0.25, 0.3) is 17.1 Å². The lowest BCUT2D eigenvalue weighted by molar-refractivity contribution is -0.928. The van der Waals surface area contributed by atoms with Crippen molar-refractivity contribution in [3.63, 3.8) is 0 Å². The standard InChI is InChI=1S/C49H63ClF3N9O4/c1-3-21-60(22-7-10-44(64)36-17-23-62(24-18-36,25-26-63)33-35-8-5-4-6-9-35)48(66)39-13-11-37(27-42(39)50)58-47(65)46-57-30-43(59(46)2)40-31-61(32-41(40)49(51,52)53)45-14-12-38(29-56-45)55-28-34-15-19-54-20-16-34/h11-14,26-27,29-32,34-36,54-55H,3-10,15-25,28,33H2,1-2H3/p+1. The van der Waals surface area contributed by atoms with E-state index in [1.165, 1.54) is 78.9 Å². The Morgan fingerprint density at radius 2 is 1.68 bits per heavy atom. The summed E-state index contributed by atoms with van der Waals surface area (Å²) in [7, 11) is 1.47. The summed E-state index contributed by atoms with van der Waals surface area (Å²) in [6.45, 7) is 8.84. The maximum absolute atomic E-state index is 14.5. The number of Topliss-reactive ketones (excluding diaryl/α,β-unsaturated/α-hetero) is 1. The number of imidazole rings is 1. The summed E-state index contributed by atoms with van der Waals surface area (Å²) >= 11 is 6.66. The van der Waals surface area contributed by atoms with Gasteiger partial charge in [-0.05, 0) is 87.9 Å². The number of aldehydes is 1. The summed E-state index contributed by atoms with van der Waals surface area (Å²) in [6, 6.07) is 7.97. The lowest BCUT2D eigenvalue weighted by Crippen LogP contribution is -2.57. The van der Waals surface area contributed by atoms with Crippen molar-refractivity contribution >= 4 is 46.9 Å². The van der Waals surface area contributed by atoms with E-state index in [2.05, 4.69) is 25.9 Å². The molecule has 3 fully saturated rings. The third kappa shape index (κ3) is 12.1. The van der Waals surface area contributed by atoms with Crippen molar-refractivity contribution in [3.05, 3.63) is 77.1 Å². The van der Waals surface area contributed by atoms with Gasteiger partial charge in [0.15, 0.2) is 12.1 Å². The Bertz CT molecular complexity index is 2290. The third-order valence-corrected chi connectivity index (χ3v) is 14.3. The van der Waals surface area contributed by atoms with Gasteiger partial charge >= 0.3 is 6.18 Å². The van der Waals surface area contributed by atoms with Gasteiger partial charge in [-0.15, -0.1) is 0 Å². The number of anilines is 2. The molecule has 13 nitrogen and oxygen atoms in total. The zero-order valence-electron chi connectivity index (χ0n) is 38.2. The number of benzene rings is 1. The number of carbonyl (C=O) groups excluding carboxylic acids is 4. The minimum Gasteiger partial charge on any atom is -0.384 e. The molecule has 0 unspecified atom stereocenters. The van der Waals surface area contributed by atoms with Crippen LogP contribution in [-0.4, -0.2) is 111 Å². The molecular weight excluding hydrogens is 871 g/mol. The van der Waals surface area contributed by atoms with E-state index < -0.39 is 17.6 Å². The highest BCUT2D eigenvalue weighted by molar-refractivity contribution is 6.34. The van der Waals surface area contributed by atoms with E-state index in [4.69, 9.17) is 11.6 Å². The average molecular weight is 936 g/mol. The SMILES string of the molecule is CCCN(CCCC(=O)C1CC[N+](CC=O)(CC2CCCCC2)CC1)C(=O)c1ccc(NC(=O)c2ncc(-c3cn(-c4ccc(NCC5CCNCC5)cn4)cc3C(F)(F)F)n2C)cc1Cl. The number of amides is 2. The van der Waals surface area contributed by atoms with Crippen molar-refractivity contribution in [1.82, 2.24) is 29.3 Å². The molecule has 66 heavy (non-hydrogen) atoms. The van der Waals surface area contributed by atoms with Crippen LogP contribution in [0.3, 0.4) is 0 Å². The molecule has 0 bridgehead atoms. The van der Waals surface area contributed by atoms with Crippen LogP contribution in [0, 0.1) is 17.8 Å². The van der Waals surface area contributed by atoms with Crippen LogP contribution in [-0.2, 0) is 22.8 Å². The second-order valence-corrected chi connectivity index (χ2v) is 19.0. The monoisotopic (exact) mass is 934 g/mol. The Morgan fingerprint density at radius 3 is 2.35 bits per heavy atom. The molecular formula is C49H64ClF3N9O4+. The van der Waals surface area contributed by atoms with E-state index in [-0.39, 0.29) is 51.0 Å². The second-order valence-electron chi connectivity index (χ2n) is 18.6. The molecule has 3 aromatic heterocycles. The Labute approximate surface area is 390 Å². The highest BCUT2D eigenvalue weighted by Crippen LogP contribution is 2.39. The number of piperidine rings is 2. The van der Waals surface area contributed by atoms with E-state index in [9.17, 15) is 32.3 Å². The number of hydrogen-bond donors (Lipinski definition) is 3. The van der Waals surface area contributed by atoms with E-state index in [0.29, 0.717) is 56.6 Å². The number of quaternary nitrogens is 1. The number of carbonyl (C=O) groups is 4. The molecule has 3 aliphatic rings. The Morgan fingerprint density at radius 1 is 0.939 bits per heavy atom. The molecule has 1 saturated carbocycles. The van der Waals surface area contributed by atoms with E-state index >= 15 is 0 Å². The van der Waals surface area contributed by atoms with Crippen LogP contribution >= 0.6 is 11.6 Å². The molecule has 0 radical (unpaired) electrons. The average Bonchev–Trinajstić information content (AvgIpc) is 3.93. The highest BCUT2D eigenvalue weighted by atomic mass is 35.5. The van der Waals surface area contributed by atoms with Crippen molar-refractivity contribution in [3.8, 4) is 17.1 Å². The lowest BCUT2D eigenvalue weighted by atomic mass is 9.85. The molecule has 0 atom stereocenters. The van der Waals surface area contributed by atoms with Crippen LogP contribution in [0.15, 0.2) is 55.1 Å². The molecule has 17 heteroatoms. The molecule has 2 aliphatic heterocycles. The first-order chi connectivity index (χ1) is 31.8. The number of halogens is 4. The van der Waals surface area contributed by atoms with Crippen LogP contribution < -0.4 is 16.0 Å². The molecule has 1 aliphatic carbocycles. The largest absolute Gasteiger partial charge is 0.418 e. The number of hydrogen-bond acceptors (Lipinski definition) is 8. The fourth-order valence-corrected chi connectivity index (χ4v) is 10.4. The topological polar surface area (TPSA) is 143 Å². The fourth-order valence-electron chi connectivity index (χ4n) is 10.2. The normalized spacial score (nSPS) is 19.6. The molecule has 1 aromatic carbocycles. The van der Waals surface area contributed by atoms with Gasteiger partial charge in [-0.3, -0.25) is 19.2 Å². The quantitative estimate of drug-likeness (QED) is 0.0626. The number of pyridine rings is 1. The van der Waals surface area contributed by atoms with Crippen molar-refractivity contribution < 1.29 is 36.8 Å². The maximum Gasteiger partial charge on any atom is 0.418 e. The van der Waals surface area contributed by atoms with E-state index in [1.807, 2.05) is 6.92 Å². The van der Waals surface area contributed by atoms with Gasteiger partial charge in [0.05, 0.1) is 59.6 Å². The first-order valence-corrected chi connectivity index (χ1v) is 24.1. The molecule has 5 heterocycles. The van der Waals surface area contributed by atoms with Crippen molar-refractivity contribution in [2.45, 2.75) is 90.1 Å².